The minimum atomic E-state index is -4.42. The van der Waals surface area contributed by atoms with E-state index in [1.807, 2.05) is 0 Å². The smallest absolute Gasteiger partial charge is 0.416 e. The topological polar surface area (TPSA) is 66.4 Å². The molecule has 1 fully saturated rings. The Morgan fingerprint density at radius 2 is 1.74 bits per heavy atom. The number of halogens is 3. The molecule has 0 spiro atoms. The summed E-state index contributed by atoms with van der Waals surface area (Å²) in [4.78, 5) is 23.3. The Hall–Kier alpha value is -2.83. The van der Waals surface area contributed by atoms with Crippen molar-refractivity contribution in [2.24, 2.45) is 0 Å². The second-order valence-electron chi connectivity index (χ2n) is 6.56. The molecule has 0 aliphatic heterocycles. The molecule has 0 radical (unpaired) electrons. The summed E-state index contributed by atoms with van der Waals surface area (Å²) in [7, 11) is 0. The van der Waals surface area contributed by atoms with Gasteiger partial charge in [-0.3, -0.25) is 4.79 Å². The number of aryl methyl sites for hydroxylation is 1. The second-order valence-corrected chi connectivity index (χ2v) is 6.56. The molecule has 2 unspecified atom stereocenters. The largest absolute Gasteiger partial charge is 0.478 e. The lowest BCUT2D eigenvalue weighted by Crippen LogP contribution is -2.27. The Bertz CT molecular complexity index is 864. The van der Waals surface area contributed by atoms with Crippen molar-refractivity contribution in [1.29, 1.82) is 0 Å². The number of carboxylic acids is 1. The van der Waals surface area contributed by atoms with Crippen LogP contribution in [0.2, 0.25) is 0 Å². The van der Waals surface area contributed by atoms with E-state index in [4.69, 9.17) is 5.11 Å². The third-order valence-electron chi connectivity index (χ3n) is 4.67. The van der Waals surface area contributed by atoms with Gasteiger partial charge in [-0.05, 0) is 36.1 Å². The van der Waals surface area contributed by atoms with Crippen LogP contribution >= 0.6 is 0 Å². The number of hydrogen-bond acceptors (Lipinski definition) is 2. The number of aromatic carboxylic acids is 1. The fourth-order valence-electron chi connectivity index (χ4n) is 3.25. The predicted molar refractivity (Wildman–Crippen MR) is 92.5 cm³/mol. The van der Waals surface area contributed by atoms with Gasteiger partial charge in [-0.15, -0.1) is 0 Å². The first kappa shape index (κ1) is 18.9. The number of alkyl halides is 3. The molecule has 7 heteroatoms. The van der Waals surface area contributed by atoms with Gasteiger partial charge in [0.05, 0.1) is 11.1 Å². The molecule has 2 aromatic rings. The summed E-state index contributed by atoms with van der Waals surface area (Å²) in [6.45, 7) is 0. The van der Waals surface area contributed by atoms with Crippen LogP contribution in [-0.2, 0) is 17.4 Å². The Morgan fingerprint density at radius 1 is 1.07 bits per heavy atom. The third kappa shape index (κ3) is 4.48. The Balaban J connectivity index is 1.58. The summed E-state index contributed by atoms with van der Waals surface area (Å²) in [6.07, 6.45) is -3.63. The van der Waals surface area contributed by atoms with E-state index in [-0.39, 0.29) is 41.8 Å². The number of carbonyl (C=O) groups is 2. The van der Waals surface area contributed by atoms with Crippen LogP contribution in [0.25, 0.3) is 0 Å². The van der Waals surface area contributed by atoms with Crippen LogP contribution in [0.3, 0.4) is 0 Å². The van der Waals surface area contributed by atoms with Gasteiger partial charge in [-0.2, -0.15) is 13.2 Å². The number of carboxylic acid groups (broad SMARTS) is 1. The van der Waals surface area contributed by atoms with Gasteiger partial charge in [-0.1, -0.05) is 36.4 Å². The van der Waals surface area contributed by atoms with Crippen molar-refractivity contribution < 1.29 is 27.9 Å². The normalized spacial score (nSPS) is 18.8. The fraction of sp³-hybridized carbons (Fsp3) is 0.300. The monoisotopic (exact) mass is 377 g/mol. The molecule has 142 valence electrons. The van der Waals surface area contributed by atoms with Gasteiger partial charge in [0.25, 0.3) is 0 Å². The first-order valence-corrected chi connectivity index (χ1v) is 8.54. The number of carbonyl (C=O) groups excluding carboxylic acids is 1. The van der Waals surface area contributed by atoms with Crippen LogP contribution in [0.1, 0.15) is 45.8 Å². The summed E-state index contributed by atoms with van der Waals surface area (Å²) in [6, 6.07) is 11.5. The first-order valence-electron chi connectivity index (χ1n) is 8.54. The molecular weight excluding hydrogens is 359 g/mol. The van der Waals surface area contributed by atoms with E-state index in [1.165, 1.54) is 18.2 Å². The lowest BCUT2D eigenvalue weighted by Gasteiger charge is -2.13. The van der Waals surface area contributed by atoms with Gasteiger partial charge in [-0.25, -0.2) is 4.79 Å². The molecule has 1 aliphatic rings. The Morgan fingerprint density at radius 3 is 2.44 bits per heavy atom. The number of benzene rings is 2. The van der Waals surface area contributed by atoms with Crippen LogP contribution < -0.4 is 5.32 Å². The molecule has 4 nitrogen and oxygen atoms in total. The maximum absolute atomic E-state index is 13.1. The molecule has 1 saturated carbocycles. The van der Waals surface area contributed by atoms with E-state index in [0.29, 0.717) is 12.0 Å². The van der Waals surface area contributed by atoms with Crippen LogP contribution in [0.15, 0.2) is 48.5 Å². The van der Waals surface area contributed by atoms with Crippen molar-refractivity contribution in [3.63, 3.8) is 0 Å². The van der Waals surface area contributed by atoms with E-state index in [0.717, 1.165) is 6.07 Å². The van der Waals surface area contributed by atoms with Crippen molar-refractivity contribution in [1.82, 2.24) is 5.32 Å². The van der Waals surface area contributed by atoms with E-state index in [9.17, 15) is 22.8 Å². The highest BCUT2D eigenvalue weighted by Crippen LogP contribution is 2.46. The fourth-order valence-corrected chi connectivity index (χ4v) is 3.25. The zero-order valence-electron chi connectivity index (χ0n) is 14.3. The van der Waals surface area contributed by atoms with Crippen LogP contribution in [0.5, 0.6) is 0 Å². The lowest BCUT2D eigenvalue weighted by atomic mass is 10.0. The van der Waals surface area contributed by atoms with E-state index < -0.39 is 17.7 Å². The molecular formula is C20H18F3NO3. The van der Waals surface area contributed by atoms with E-state index in [2.05, 4.69) is 5.32 Å². The minimum absolute atomic E-state index is 0.0778. The van der Waals surface area contributed by atoms with Crippen molar-refractivity contribution in [2.75, 3.05) is 0 Å². The van der Waals surface area contributed by atoms with Gasteiger partial charge in [0.2, 0.25) is 5.91 Å². The van der Waals surface area contributed by atoms with Crippen LogP contribution in [-0.4, -0.2) is 23.0 Å². The zero-order valence-corrected chi connectivity index (χ0v) is 14.3. The highest BCUT2D eigenvalue weighted by atomic mass is 19.4. The molecule has 3 rings (SSSR count). The quantitative estimate of drug-likeness (QED) is 0.799. The van der Waals surface area contributed by atoms with Crippen LogP contribution in [0.4, 0.5) is 13.2 Å². The first-order chi connectivity index (χ1) is 12.8. The molecule has 2 atom stereocenters. The molecule has 27 heavy (non-hydrogen) atoms. The molecule has 0 saturated heterocycles. The molecule has 0 aromatic heterocycles. The molecule has 1 aliphatic carbocycles. The molecule has 1 amide bonds. The number of hydrogen-bond donors (Lipinski definition) is 2. The SMILES string of the molecule is O=C(CCc1ccccc1C(=O)O)NC1CC1c1ccccc1C(F)(F)F. The summed E-state index contributed by atoms with van der Waals surface area (Å²) in [5, 5.41) is 11.9. The number of rotatable bonds is 6. The van der Waals surface area contributed by atoms with Gasteiger partial charge in [0, 0.05) is 18.4 Å². The van der Waals surface area contributed by atoms with E-state index in [1.54, 1.807) is 24.3 Å². The average Bonchev–Trinajstić information content (AvgIpc) is 3.38. The third-order valence-corrected chi connectivity index (χ3v) is 4.67. The highest BCUT2D eigenvalue weighted by molar-refractivity contribution is 5.89. The predicted octanol–water partition coefficient (Wildman–Crippen LogP) is 4.01. The zero-order chi connectivity index (χ0) is 19.6. The number of amides is 1. The second kappa shape index (κ2) is 7.42. The van der Waals surface area contributed by atoms with Crippen molar-refractivity contribution in [3.05, 3.63) is 70.8 Å². The summed E-state index contributed by atoms with van der Waals surface area (Å²) in [5.41, 5.74) is 0.234. The van der Waals surface area contributed by atoms with Crippen molar-refractivity contribution >= 4 is 11.9 Å². The van der Waals surface area contributed by atoms with Gasteiger partial charge >= 0.3 is 12.1 Å². The van der Waals surface area contributed by atoms with Crippen molar-refractivity contribution in [2.45, 2.75) is 37.4 Å². The maximum atomic E-state index is 13.1. The Kier molecular flexibility index (Phi) is 5.21. The van der Waals surface area contributed by atoms with Crippen LogP contribution in [0, 0.1) is 0 Å². The maximum Gasteiger partial charge on any atom is 0.416 e. The summed E-state index contributed by atoms with van der Waals surface area (Å²) in [5.74, 6) is -1.71. The lowest BCUT2D eigenvalue weighted by molar-refractivity contribution is -0.138. The highest BCUT2D eigenvalue weighted by Gasteiger charge is 2.44. The summed E-state index contributed by atoms with van der Waals surface area (Å²) < 4.78 is 39.3. The van der Waals surface area contributed by atoms with Crippen molar-refractivity contribution in [3.8, 4) is 0 Å². The minimum Gasteiger partial charge on any atom is -0.478 e. The average molecular weight is 377 g/mol. The molecule has 0 bridgehead atoms. The van der Waals surface area contributed by atoms with Gasteiger partial charge < -0.3 is 10.4 Å². The molecule has 2 aromatic carbocycles. The van der Waals surface area contributed by atoms with Gasteiger partial charge in [0.15, 0.2) is 0 Å². The van der Waals surface area contributed by atoms with Gasteiger partial charge in [0.1, 0.15) is 0 Å². The number of nitrogens with one attached hydrogen (secondary N) is 1. The summed E-state index contributed by atoms with van der Waals surface area (Å²) >= 11 is 0. The standard InChI is InChI=1S/C20H18F3NO3/c21-20(22,23)16-8-4-3-7-14(16)15-11-17(15)24-18(25)10-9-12-5-1-2-6-13(12)19(26)27/h1-8,15,17H,9-11H2,(H,24,25)(H,26,27). The van der Waals surface area contributed by atoms with E-state index >= 15 is 0 Å². The Labute approximate surface area is 154 Å². The molecule has 2 N–H and O–H groups in total. The molecule has 0 heterocycles.